The van der Waals surface area contributed by atoms with Crippen molar-refractivity contribution in [3.8, 4) is 11.1 Å². The molecule has 0 aliphatic carbocycles. The Morgan fingerprint density at radius 1 is 1.17 bits per heavy atom. The molecule has 0 aliphatic heterocycles. The number of nitrogens with zero attached hydrogens (tertiary/aromatic N) is 3. The molecule has 6 nitrogen and oxygen atoms in total. The summed E-state index contributed by atoms with van der Waals surface area (Å²) in [6.07, 6.45) is -0.214. The van der Waals surface area contributed by atoms with Gasteiger partial charge in [0.25, 0.3) is 0 Å². The fraction of sp³-hybridized carbons (Fsp3) is 0.391. The Hall–Kier alpha value is -2.67. The van der Waals surface area contributed by atoms with Crippen LogP contribution in [0.1, 0.15) is 45.5 Å². The van der Waals surface area contributed by atoms with Gasteiger partial charge in [-0.2, -0.15) is 5.10 Å². The summed E-state index contributed by atoms with van der Waals surface area (Å²) in [5, 5.41) is 5.54. The summed E-state index contributed by atoms with van der Waals surface area (Å²) in [5.41, 5.74) is 4.44. The van der Waals surface area contributed by atoms with E-state index >= 15 is 0 Å². The van der Waals surface area contributed by atoms with Crippen LogP contribution in [-0.4, -0.2) is 38.7 Å². The van der Waals surface area contributed by atoms with Crippen molar-refractivity contribution in [1.29, 1.82) is 0 Å². The molecule has 0 saturated heterocycles. The van der Waals surface area contributed by atoms with E-state index in [9.17, 15) is 9.59 Å². The zero-order valence-corrected chi connectivity index (χ0v) is 18.9. The number of aryl methyl sites for hydroxylation is 1. The highest BCUT2D eigenvalue weighted by Gasteiger charge is 2.23. The van der Waals surface area contributed by atoms with Gasteiger partial charge in [0.05, 0.1) is 23.7 Å². The zero-order chi connectivity index (χ0) is 21.9. The van der Waals surface area contributed by atoms with Crippen molar-refractivity contribution in [1.82, 2.24) is 14.6 Å². The number of carbonyl (C=O) groups is 2. The van der Waals surface area contributed by atoms with E-state index in [-0.39, 0.29) is 30.0 Å². The van der Waals surface area contributed by atoms with E-state index in [2.05, 4.69) is 20.8 Å². The van der Waals surface area contributed by atoms with Crippen molar-refractivity contribution in [3.05, 3.63) is 47.8 Å². The van der Waals surface area contributed by atoms with Crippen LogP contribution < -0.4 is 0 Å². The summed E-state index contributed by atoms with van der Waals surface area (Å²) in [5.74, 6) is -0.492. The number of hydrogen-bond donors (Lipinski definition) is 0. The first-order chi connectivity index (χ1) is 14.2. The van der Waals surface area contributed by atoms with E-state index in [1.54, 1.807) is 11.4 Å². The van der Waals surface area contributed by atoms with E-state index in [1.165, 1.54) is 11.8 Å². The largest absolute Gasteiger partial charge is 0.466 e. The zero-order valence-electron chi connectivity index (χ0n) is 18.1. The molecule has 0 unspecified atom stereocenters. The number of ether oxygens (including phenoxy) is 1. The monoisotopic (exact) mass is 425 g/mol. The SMILES string of the molecule is CCOC(=O)CC(=O)CSc1cc(C(C)(C)C)nc2c(-c3ccccc3)c(C)nn12. The lowest BCUT2D eigenvalue weighted by atomic mass is 9.92. The second-order valence-electron chi connectivity index (χ2n) is 8.10. The van der Waals surface area contributed by atoms with Crippen LogP contribution in [-0.2, 0) is 19.7 Å². The third kappa shape index (κ3) is 4.90. The smallest absolute Gasteiger partial charge is 0.313 e. The summed E-state index contributed by atoms with van der Waals surface area (Å²) >= 11 is 1.37. The number of Topliss-reactive ketones (excluding diaryl/α,β-unsaturated/α-hetero) is 1. The molecule has 1 aromatic carbocycles. The predicted molar refractivity (Wildman–Crippen MR) is 119 cm³/mol. The Labute approximate surface area is 181 Å². The standard InChI is InChI=1S/C23H27N3O3S/c1-6-29-20(28)12-17(27)14-30-19-13-18(23(3,4)5)24-22-21(15(2)25-26(19)22)16-10-8-7-9-11-16/h7-11,13H,6,12,14H2,1-5H3. The van der Waals surface area contributed by atoms with Crippen LogP contribution in [0.2, 0.25) is 0 Å². The third-order valence-electron chi connectivity index (χ3n) is 4.59. The molecule has 3 rings (SSSR count). The lowest BCUT2D eigenvalue weighted by molar-refractivity contribution is -0.145. The minimum absolute atomic E-state index is 0.168. The van der Waals surface area contributed by atoms with Crippen LogP contribution in [0.15, 0.2) is 41.4 Å². The van der Waals surface area contributed by atoms with Gasteiger partial charge in [-0.25, -0.2) is 9.50 Å². The fourth-order valence-electron chi connectivity index (χ4n) is 3.10. The Bertz CT molecular complexity index is 1070. The van der Waals surface area contributed by atoms with Gasteiger partial charge in [-0.1, -0.05) is 62.9 Å². The van der Waals surface area contributed by atoms with Crippen molar-refractivity contribution in [2.24, 2.45) is 0 Å². The second kappa shape index (κ2) is 9.00. The van der Waals surface area contributed by atoms with Gasteiger partial charge in [0.15, 0.2) is 11.4 Å². The van der Waals surface area contributed by atoms with Crippen molar-refractivity contribution >= 4 is 29.2 Å². The normalized spacial score (nSPS) is 11.6. The summed E-state index contributed by atoms with van der Waals surface area (Å²) in [6.45, 7) is 10.3. The maximum absolute atomic E-state index is 12.2. The highest BCUT2D eigenvalue weighted by molar-refractivity contribution is 7.99. The first kappa shape index (κ1) is 22.0. The molecule has 0 spiro atoms. The minimum Gasteiger partial charge on any atom is -0.466 e. The molecule has 7 heteroatoms. The van der Waals surface area contributed by atoms with Crippen molar-refractivity contribution in [2.75, 3.05) is 12.4 Å². The topological polar surface area (TPSA) is 73.6 Å². The first-order valence-corrected chi connectivity index (χ1v) is 11.0. The molecule has 0 fully saturated rings. The van der Waals surface area contributed by atoms with Crippen LogP contribution >= 0.6 is 11.8 Å². The number of hydrogen-bond acceptors (Lipinski definition) is 6. The van der Waals surface area contributed by atoms with Crippen LogP contribution in [0, 0.1) is 6.92 Å². The number of carbonyl (C=O) groups excluding carboxylic acids is 2. The molecule has 0 atom stereocenters. The van der Waals surface area contributed by atoms with Gasteiger partial charge < -0.3 is 4.74 Å². The number of rotatable bonds is 7. The van der Waals surface area contributed by atoms with Crippen molar-refractivity contribution in [2.45, 2.75) is 51.5 Å². The number of ketones is 1. The predicted octanol–water partition coefficient (Wildman–Crippen LogP) is 4.62. The highest BCUT2D eigenvalue weighted by atomic mass is 32.2. The van der Waals surface area contributed by atoms with Gasteiger partial charge in [-0.3, -0.25) is 9.59 Å². The molecular weight excluding hydrogens is 398 g/mol. The molecule has 0 N–H and O–H groups in total. The van der Waals surface area contributed by atoms with E-state index in [4.69, 9.17) is 14.8 Å². The Morgan fingerprint density at radius 2 is 1.87 bits per heavy atom. The maximum atomic E-state index is 12.2. The average molecular weight is 426 g/mol. The molecule has 2 aromatic heterocycles. The molecular formula is C23H27N3O3S. The van der Waals surface area contributed by atoms with Crippen LogP contribution in [0.4, 0.5) is 0 Å². The van der Waals surface area contributed by atoms with E-state index in [1.807, 2.05) is 43.3 Å². The maximum Gasteiger partial charge on any atom is 0.313 e. The van der Waals surface area contributed by atoms with E-state index in [0.29, 0.717) is 0 Å². The fourth-order valence-corrected chi connectivity index (χ4v) is 3.96. The lowest BCUT2D eigenvalue weighted by Gasteiger charge is -2.19. The van der Waals surface area contributed by atoms with E-state index < -0.39 is 5.97 Å². The van der Waals surface area contributed by atoms with Crippen molar-refractivity contribution in [3.63, 3.8) is 0 Å². The van der Waals surface area contributed by atoms with Gasteiger partial charge in [-0.15, -0.1) is 0 Å². The van der Waals surface area contributed by atoms with Gasteiger partial charge in [0, 0.05) is 11.0 Å². The molecule has 0 aliphatic rings. The molecule has 158 valence electrons. The summed E-state index contributed by atoms with van der Waals surface area (Å²) < 4.78 is 6.67. The summed E-state index contributed by atoms with van der Waals surface area (Å²) in [4.78, 5) is 28.8. The molecule has 0 bridgehead atoms. The number of benzene rings is 1. The first-order valence-electron chi connectivity index (χ1n) is 9.97. The Morgan fingerprint density at radius 3 is 2.50 bits per heavy atom. The Kier molecular flexibility index (Phi) is 6.61. The molecule has 0 radical (unpaired) electrons. The number of thioether (sulfide) groups is 1. The number of fused-ring (bicyclic) bond motifs is 1. The van der Waals surface area contributed by atoms with Gasteiger partial charge in [0.2, 0.25) is 0 Å². The average Bonchev–Trinajstić information content (AvgIpc) is 3.02. The Balaban J connectivity index is 2.01. The second-order valence-corrected chi connectivity index (χ2v) is 9.10. The molecule has 0 amide bonds. The molecule has 30 heavy (non-hydrogen) atoms. The van der Waals surface area contributed by atoms with Crippen LogP contribution in [0.3, 0.4) is 0 Å². The number of esters is 1. The van der Waals surface area contributed by atoms with Gasteiger partial charge in [0.1, 0.15) is 11.4 Å². The quantitative estimate of drug-likeness (QED) is 0.238. The minimum atomic E-state index is -0.486. The molecule has 2 heterocycles. The molecule has 3 aromatic rings. The van der Waals surface area contributed by atoms with Gasteiger partial charge >= 0.3 is 5.97 Å². The van der Waals surface area contributed by atoms with Crippen LogP contribution in [0.25, 0.3) is 16.8 Å². The van der Waals surface area contributed by atoms with Crippen molar-refractivity contribution < 1.29 is 14.3 Å². The highest BCUT2D eigenvalue weighted by Crippen LogP contribution is 2.33. The summed E-state index contributed by atoms with van der Waals surface area (Å²) in [7, 11) is 0. The lowest BCUT2D eigenvalue weighted by Crippen LogP contribution is -2.16. The number of aromatic nitrogens is 3. The van der Waals surface area contributed by atoms with Crippen LogP contribution in [0.5, 0.6) is 0 Å². The summed E-state index contributed by atoms with van der Waals surface area (Å²) in [6, 6.07) is 12.0. The molecule has 0 saturated carbocycles. The third-order valence-corrected chi connectivity index (χ3v) is 5.64. The van der Waals surface area contributed by atoms with E-state index in [0.717, 1.165) is 33.2 Å². The van der Waals surface area contributed by atoms with Gasteiger partial charge in [-0.05, 0) is 25.5 Å².